The van der Waals surface area contributed by atoms with Crippen LogP contribution in [0.25, 0.3) is 0 Å². The van der Waals surface area contributed by atoms with Gasteiger partial charge in [0.2, 0.25) is 5.91 Å². The van der Waals surface area contributed by atoms with Gasteiger partial charge in [0.25, 0.3) is 5.91 Å². The molecule has 1 spiro atoms. The molecule has 3 atom stereocenters. The molecule has 28 heavy (non-hydrogen) atoms. The summed E-state index contributed by atoms with van der Waals surface area (Å²) in [6, 6.07) is 12.9. The lowest BCUT2D eigenvalue weighted by Gasteiger charge is -2.32. The lowest BCUT2D eigenvalue weighted by atomic mass is 10.1. The van der Waals surface area contributed by atoms with Gasteiger partial charge in [-0.25, -0.2) is 4.39 Å². The summed E-state index contributed by atoms with van der Waals surface area (Å²) in [4.78, 5) is 29.0. The third-order valence-electron chi connectivity index (χ3n) is 6.06. The normalized spacial score (nSPS) is 28.5. The van der Waals surface area contributed by atoms with Crippen molar-refractivity contribution in [3.63, 3.8) is 0 Å². The van der Waals surface area contributed by atoms with Crippen molar-refractivity contribution < 1.29 is 23.8 Å². The first kappa shape index (κ1) is 17.2. The molecule has 3 heterocycles. The lowest BCUT2D eigenvalue weighted by molar-refractivity contribution is -0.138. The molecule has 0 saturated carbocycles. The van der Waals surface area contributed by atoms with Crippen molar-refractivity contribution in [3.8, 4) is 5.75 Å². The zero-order valence-electron chi connectivity index (χ0n) is 15.0. The van der Waals surface area contributed by atoms with E-state index in [0.717, 1.165) is 17.7 Å². The van der Waals surface area contributed by atoms with Crippen LogP contribution in [0.15, 0.2) is 48.5 Å². The molecule has 1 N–H and O–H groups in total. The number of likely N-dealkylation sites (tertiary alicyclic amines) is 1. The van der Waals surface area contributed by atoms with Gasteiger partial charge >= 0.3 is 0 Å². The van der Waals surface area contributed by atoms with E-state index < -0.39 is 23.3 Å². The molecule has 0 aliphatic carbocycles. The summed E-state index contributed by atoms with van der Waals surface area (Å²) in [5.74, 6) is -1.73. The fraction of sp³-hybridized carbons (Fsp3) is 0.333. The second-order valence-electron chi connectivity index (χ2n) is 7.50. The molecule has 2 aromatic carbocycles. The Hall–Kier alpha value is -2.93. The first-order valence-corrected chi connectivity index (χ1v) is 9.32. The number of carbonyl (C=O) groups is 2. The second kappa shape index (κ2) is 6.04. The summed E-state index contributed by atoms with van der Waals surface area (Å²) in [5, 5.41) is 9.36. The van der Waals surface area contributed by atoms with Gasteiger partial charge in [0.15, 0.2) is 17.3 Å². The minimum Gasteiger partial charge on any atom is -0.505 e. The molecule has 0 radical (unpaired) electrons. The number of amides is 2. The van der Waals surface area contributed by atoms with Gasteiger partial charge in [-0.05, 0) is 23.8 Å². The fourth-order valence-corrected chi connectivity index (χ4v) is 4.71. The predicted molar refractivity (Wildman–Crippen MR) is 96.8 cm³/mol. The Morgan fingerprint density at radius 2 is 2.00 bits per heavy atom. The minimum absolute atomic E-state index is 0.0298. The first-order chi connectivity index (χ1) is 13.5. The van der Waals surface area contributed by atoms with E-state index >= 15 is 0 Å². The van der Waals surface area contributed by atoms with Gasteiger partial charge in [-0.1, -0.05) is 30.3 Å². The maximum absolute atomic E-state index is 13.7. The first-order valence-electron chi connectivity index (χ1n) is 9.32. The molecule has 144 valence electrons. The monoisotopic (exact) mass is 382 g/mol. The van der Waals surface area contributed by atoms with Crippen molar-refractivity contribution >= 4 is 11.8 Å². The van der Waals surface area contributed by atoms with Crippen LogP contribution < -0.4 is 0 Å². The second-order valence-corrected chi connectivity index (χ2v) is 7.50. The molecular formula is C21H19FN2O4. The van der Waals surface area contributed by atoms with Crippen molar-refractivity contribution in [1.82, 2.24) is 9.80 Å². The van der Waals surface area contributed by atoms with Gasteiger partial charge in [-0.15, -0.1) is 0 Å². The van der Waals surface area contributed by atoms with Gasteiger partial charge in [0.1, 0.15) is 6.10 Å². The van der Waals surface area contributed by atoms with Crippen molar-refractivity contribution in [3.05, 3.63) is 65.5 Å². The number of rotatable bonds is 2. The largest absolute Gasteiger partial charge is 0.505 e. The van der Waals surface area contributed by atoms with Crippen LogP contribution in [0.5, 0.6) is 5.75 Å². The van der Waals surface area contributed by atoms with Gasteiger partial charge in [0, 0.05) is 18.5 Å². The molecule has 2 amide bonds. The van der Waals surface area contributed by atoms with Crippen LogP contribution in [0.3, 0.4) is 0 Å². The maximum atomic E-state index is 13.7. The number of aromatic hydroxyl groups is 1. The molecule has 3 aliphatic rings. The van der Waals surface area contributed by atoms with Crippen LogP contribution >= 0.6 is 0 Å². The highest BCUT2D eigenvalue weighted by Gasteiger charge is 2.65. The molecule has 5 rings (SSSR count). The fourth-order valence-electron chi connectivity index (χ4n) is 4.71. The average molecular weight is 382 g/mol. The molecule has 2 aromatic rings. The molecule has 0 unspecified atom stereocenters. The number of hydrogen-bond acceptors (Lipinski definition) is 4. The zero-order valence-corrected chi connectivity index (χ0v) is 15.0. The maximum Gasteiger partial charge on any atom is 0.254 e. The van der Waals surface area contributed by atoms with Gasteiger partial charge in [0.05, 0.1) is 19.0 Å². The topological polar surface area (TPSA) is 70.1 Å². The molecule has 3 saturated heterocycles. The number of phenolic OH excluding ortho intramolecular Hbond substituents is 1. The Morgan fingerprint density at radius 3 is 2.75 bits per heavy atom. The Morgan fingerprint density at radius 1 is 1.21 bits per heavy atom. The number of benzene rings is 2. The lowest BCUT2D eigenvalue weighted by Crippen LogP contribution is -2.48. The number of halogens is 1. The van der Waals surface area contributed by atoms with Crippen LogP contribution in [0.1, 0.15) is 34.9 Å². The van der Waals surface area contributed by atoms with Crippen LogP contribution in [0, 0.1) is 5.82 Å². The summed E-state index contributed by atoms with van der Waals surface area (Å²) in [7, 11) is 0. The Balaban J connectivity index is 1.44. The summed E-state index contributed by atoms with van der Waals surface area (Å²) in [5.41, 5.74) is 0.335. The van der Waals surface area contributed by atoms with E-state index in [-0.39, 0.29) is 29.9 Å². The summed E-state index contributed by atoms with van der Waals surface area (Å²) >= 11 is 0. The van der Waals surface area contributed by atoms with E-state index in [4.69, 9.17) is 4.74 Å². The average Bonchev–Trinajstić information content (AvgIpc) is 3.33. The third-order valence-corrected chi connectivity index (χ3v) is 6.06. The van der Waals surface area contributed by atoms with E-state index in [0.29, 0.717) is 19.5 Å². The van der Waals surface area contributed by atoms with Crippen molar-refractivity contribution in [1.29, 1.82) is 0 Å². The minimum atomic E-state index is -0.842. The number of carbonyl (C=O) groups excluding carboxylic acids is 2. The third kappa shape index (κ3) is 2.36. The van der Waals surface area contributed by atoms with Gasteiger partial charge in [-0.2, -0.15) is 0 Å². The number of nitrogens with zero attached hydrogens (tertiary/aromatic N) is 2. The van der Waals surface area contributed by atoms with Gasteiger partial charge in [-0.3, -0.25) is 9.59 Å². The number of hydrogen-bond donors (Lipinski definition) is 1. The van der Waals surface area contributed by atoms with Crippen LogP contribution in [-0.4, -0.2) is 51.6 Å². The van der Waals surface area contributed by atoms with E-state index in [9.17, 15) is 19.1 Å². The molecule has 3 aliphatic heterocycles. The Labute approximate surface area is 161 Å². The number of ether oxygens (including phenoxy) is 1. The predicted octanol–water partition coefficient (Wildman–Crippen LogP) is 2.45. The molecule has 3 fully saturated rings. The smallest absolute Gasteiger partial charge is 0.254 e. The van der Waals surface area contributed by atoms with Crippen molar-refractivity contribution in [2.75, 3.05) is 13.1 Å². The van der Waals surface area contributed by atoms with E-state index in [2.05, 4.69) is 0 Å². The van der Waals surface area contributed by atoms with Crippen LogP contribution in [-0.2, 0) is 9.53 Å². The molecule has 0 bridgehead atoms. The van der Waals surface area contributed by atoms with Gasteiger partial charge < -0.3 is 19.6 Å². The zero-order chi connectivity index (χ0) is 19.5. The summed E-state index contributed by atoms with van der Waals surface area (Å²) in [6.07, 6.45) is 0.501. The summed E-state index contributed by atoms with van der Waals surface area (Å²) in [6.45, 7) is 0.895. The molecule has 0 aromatic heterocycles. The van der Waals surface area contributed by atoms with E-state index in [1.54, 1.807) is 9.80 Å². The molecule has 6 nitrogen and oxygen atoms in total. The van der Waals surface area contributed by atoms with Crippen LogP contribution in [0.4, 0.5) is 4.39 Å². The molecular weight excluding hydrogens is 363 g/mol. The molecule has 7 heteroatoms. The standard InChI is InChI=1S/C21H19FN2O4/c22-15-10-14(6-7-16(15)25)20(27)23-9-8-21-18(23)11-19(26)24(21)12-17(28-21)13-4-2-1-3-5-13/h1-7,10,17-18,25H,8-9,11-12H2/t17-,18-,21+/m1/s1. The van der Waals surface area contributed by atoms with E-state index in [1.807, 2.05) is 30.3 Å². The van der Waals surface area contributed by atoms with Crippen molar-refractivity contribution in [2.45, 2.75) is 30.7 Å². The highest BCUT2D eigenvalue weighted by molar-refractivity contribution is 5.96. The van der Waals surface area contributed by atoms with E-state index in [1.165, 1.54) is 6.07 Å². The van der Waals surface area contributed by atoms with Crippen LogP contribution in [0.2, 0.25) is 0 Å². The summed E-state index contributed by atoms with van der Waals surface area (Å²) < 4.78 is 20.1. The quantitative estimate of drug-likeness (QED) is 0.866. The Kier molecular flexibility index (Phi) is 3.71. The highest BCUT2D eigenvalue weighted by Crippen LogP contribution is 2.50. The number of phenols is 1. The highest BCUT2D eigenvalue weighted by atomic mass is 19.1. The Bertz CT molecular complexity index is 966. The SMILES string of the molecule is O=C(c1ccc(O)c(F)c1)N1CC[C@@]23O[C@@H](c4ccccc4)CN2C(=O)C[C@@H]13. The van der Waals surface area contributed by atoms with Crippen molar-refractivity contribution in [2.24, 2.45) is 0 Å².